The zero-order valence-corrected chi connectivity index (χ0v) is 16.8. The van der Waals surface area contributed by atoms with Crippen LogP contribution in [0.3, 0.4) is 0 Å². The Balaban J connectivity index is 1.34. The number of amides is 1. The maximum Gasteiger partial charge on any atom is 0.416 e. The number of ether oxygens (including phenoxy) is 1. The highest BCUT2D eigenvalue weighted by Crippen LogP contribution is 2.28. The normalized spacial score (nSPS) is 10.9. The quantitative estimate of drug-likeness (QED) is 0.469. The van der Waals surface area contributed by atoms with Crippen molar-refractivity contribution in [3.8, 4) is 17.0 Å². The lowest BCUT2D eigenvalue weighted by Gasteiger charge is -2.17. The number of fused-ring (bicyclic) bond motifs is 1. The van der Waals surface area contributed by atoms with Gasteiger partial charge in [-0.05, 0) is 17.7 Å². The number of anilines is 1. The van der Waals surface area contributed by atoms with Crippen LogP contribution in [0.2, 0.25) is 0 Å². The van der Waals surface area contributed by atoms with Crippen LogP contribution >= 0.6 is 0 Å². The van der Waals surface area contributed by atoms with Gasteiger partial charge in [-0.2, -0.15) is 5.10 Å². The Morgan fingerprint density at radius 3 is 2.56 bits per heavy atom. The number of H-pyrrole nitrogens is 1. The summed E-state index contributed by atoms with van der Waals surface area (Å²) in [5.41, 5.74) is 1.58. The molecule has 0 aliphatic rings. The number of hydrogen-bond donors (Lipinski definition) is 2. The third kappa shape index (κ3) is 4.61. The molecule has 2 aromatic heterocycles. The van der Waals surface area contributed by atoms with Gasteiger partial charge in [0.2, 0.25) is 5.88 Å². The van der Waals surface area contributed by atoms with Crippen LogP contribution in [0, 0.1) is 17.5 Å². The molecule has 8 nitrogen and oxygen atoms in total. The lowest BCUT2D eigenvalue weighted by atomic mass is 10.1. The minimum Gasteiger partial charge on any atom is -0.391 e. The van der Waals surface area contributed by atoms with Crippen molar-refractivity contribution < 1.29 is 22.7 Å². The molecule has 164 valence electrons. The van der Waals surface area contributed by atoms with E-state index in [0.29, 0.717) is 23.5 Å². The van der Waals surface area contributed by atoms with Crippen molar-refractivity contribution in [3.63, 3.8) is 0 Å². The topological polar surface area (TPSA) is 96.0 Å². The molecule has 0 bridgehead atoms. The van der Waals surface area contributed by atoms with Crippen LogP contribution in [0.15, 0.2) is 48.8 Å². The van der Waals surface area contributed by atoms with Gasteiger partial charge >= 0.3 is 6.09 Å². The SMILES string of the molecule is CN(CCNc1cnc2cc(F)c(F)cc2n1)C(=O)Oc1[nH]ncc1-c1ccc(F)cc1. The summed E-state index contributed by atoms with van der Waals surface area (Å²) in [6.07, 6.45) is 2.23. The fourth-order valence-electron chi connectivity index (χ4n) is 2.89. The van der Waals surface area contributed by atoms with Crippen molar-refractivity contribution in [2.45, 2.75) is 0 Å². The molecule has 0 aliphatic heterocycles. The average molecular weight is 442 g/mol. The molecular weight excluding hydrogens is 425 g/mol. The smallest absolute Gasteiger partial charge is 0.391 e. The first kappa shape index (κ1) is 21.1. The predicted molar refractivity (Wildman–Crippen MR) is 111 cm³/mol. The second kappa shape index (κ2) is 8.92. The Hall–Kier alpha value is -4.15. The van der Waals surface area contributed by atoms with Crippen LogP contribution in [0.1, 0.15) is 0 Å². The average Bonchev–Trinajstić information content (AvgIpc) is 3.23. The van der Waals surface area contributed by atoms with Crippen LogP contribution in [-0.2, 0) is 0 Å². The highest BCUT2D eigenvalue weighted by molar-refractivity contribution is 5.76. The van der Waals surface area contributed by atoms with Crippen LogP contribution in [0.5, 0.6) is 5.88 Å². The Kier molecular flexibility index (Phi) is 5.88. The molecule has 4 aromatic rings. The molecule has 2 N–H and O–H groups in total. The third-order valence-corrected chi connectivity index (χ3v) is 4.60. The van der Waals surface area contributed by atoms with E-state index in [0.717, 1.165) is 12.1 Å². The molecule has 32 heavy (non-hydrogen) atoms. The van der Waals surface area contributed by atoms with E-state index in [2.05, 4.69) is 25.5 Å². The number of likely N-dealkylation sites (N-methyl/N-ethyl adjacent to an activating group) is 1. The molecule has 0 aliphatic carbocycles. The molecule has 0 fully saturated rings. The van der Waals surface area contributed by atoms with Gasteiger partial charge < -0.3 is 15.0 Å². The number of hydrogen-bond acceptors (Lipinski definition) is 6. The Morgan fingerprint density at radius 2 is 1.81 bits per heavy atom. The number of rotatable bonds is 6. The zero-order chi connectivity index (χ0) is 22.7. The molecule has 1 amide bonds. The number of carbonyl (C=O) groups is 1. The largest absolute Gasteiger partial charge is 0.416 e. The summed E-state index contributed by atoms with van der Waals surface area (Å²) in [6.45, 7) is 0.541. The summed E-state index contributed by atoms with van der Waals surface area (Å²) in [6, 6.07) is 7.64. The lowest BCUT2D eigenvalue weighted by molar-refractivity contribution is 0.163. The second-order valence-corrected chi connectivity index (χ2v) is 6.85. The standard InChI is InChI=1S/C21H17F3N6O2/c1-30(7-6-25-19-11-26-17-8-15(23)16(24)9-18(17)28-19)21(31)32-20-14(10-27-29-20)12-2-4-13(22)5-3-12/h2-5,8-11H,6-7H2,1H3,(H,25,28)(H,27,29). The fraction of sp³-hybridized carbons (Fsp3) is 0.143. The second-order valence-electron chi connectivity index (χ2n) is 6.85. The first-order valence-electron chi connectivity index (χ1n) is 9.48. The number of halogens is 3. The van der Waals surface area contributed by atoms with E-state index in [1.165, 1.54) is 29.4 Å². The molecule has 0 atom stereocenters. The molecule has 0 spiro atoms. The maximum absolute atomic E-state index is 13.4. The van der Waals surface area contributed by atoms with Crippen LogP contribution in [0.4, 0.5) is 23.8 Å². The van der Waals surface area contributed by atoms with Gasteiger partial charge in [0.1, 0.15) is 11.6 Å². The first-order chi connectivity index (χ1) is 15.4. The molecule has 2 heterocycles. The van der Waals surface area contributed by atoms with Crippen molar-refractivity contribution in [1.82, 2.24) is 25.1 Å². The highest BCUT2D eigenvalue weighted by atomic mass is 19.2. The van der Waals surface area contributed by atoms with Crippen molar-refractivity contribution in [2.24, 2.45) is 0 Å². The Morgan fingerprint density at radius 1 is 1.09 bits per heavy atom. The van der Waals surface area contributed by atoms with Gasteiger partial charge in [-0.1, -0.05) is 12.1 Å². The molecular formula is C21H17F3N6O2. The summed E-state index contributed by atoms with van der Waals surface area (Å²) in [4.78, 5) is 21.9. The minimum absolute atomic E-state index is 0.135. The summed E-state index contributed by atoms with van der Waals surface area (Å²) >= 11 is 0. The monoisotopic (exact) mass is 442 g/mol. The van der Waals surface area contributed by atoms with Crippen molar-refractivity contribution in [3.05, 3.63) is 66.2 Å². The summed E-state index contributed by atoms with van der Waals surface area (Å²) in [5.74, 6) is -1.90. The van der Waals surface area contributed by atoms with Gasteiger partial charge in [0.15, 0.2) is 11.6 Å². The Bertz CT molecular complexity index is 1260. The zero-order valence-electron chi connectivity index (χ0n) is 16.8. The molecule has 2 aromatic carbocycles. The highest BCUT2D eigenvalue weighted by Gasteiger charge is 2.16. The van der Waals surface area contributed by atoms with E-state index in [1.54, 1.807) is 19.2 Å². The van der Waals surface area contributed by atoms with Gasteiger partial charge in [0.05, 0.1) is 29.0 Å². The number of carbonyl (C=O) groups excluding carboxylic acids is 1. The number of benzene rings is 2. The summed E-state index contributed by atoms with van der Waals surface area (Å²) in [7, 11) is 1.54. The van der Waals surface area contributed by atoms with Crippen molar-refractivity contribution in [1.29, 1.82) is 0 Å². The molecule has 0 saturated carbocycles. The maximum atomic E-state index is 13.4. The number of aromatic amines is 1. The molecule has 0 unspecified atom stereocenters. The van der Waals surface area contributed by atoms with Crippen molar-refractivity contribution >= 4 is 22.9 Å². The van der Waals surface area contributed by atoms with E-state index in [9.17, 15) is 18.0 Å². The van der Waals surface area contributed by atoms with E-state index in [1.807, 2.05) is 0 Å². The van der Waals surface area contributed by atoms with Gasteiger partial charge in [-0.3, -0.25) is 4.98 Å². The van der Waals surface area contributed by atoms with Gasteiger partial charge in [-0.15, -0.1) is 0 Å². The summed E-state index contributed by atoms with van der Waals surface area (Å²) in [5, 5.41) is 9.45. The van der Waals surface area contributed by atoms with Gasteiger partial charge in [0.25, 0.3) is 0 Å². The Labute approximate surface area is 180 Å². The molecule has 0 radical (unpaired) electrons. The van der Waals surface area contributed by atoms with Gasteiger partial charge in [0, 0.05) is 32.3 Å². The fourth-order valence-corrected chi connectivity index (χ4v) is 2.89. The van der Waals surface area contributed by atoms with Crippen molar-refractivity contribution in [2.75, 3.05) is 25.5 Å². The van der Waals surface area contributed by atoms with Gasteiger partial charge in [-0.25, -0.2) is 28.0 Å². The lowest BCUT2D eigenvalue weighted by Crippen LogP contribution is -2.34. The third-order valence-electron chi connectivity index (χ3n) is 4.60. The number of nitrogens with zero attached hydrogens (tertiary/aromatic N) is 4. The predicted octanol–water partition coefficient (Wildman–Crippen LogP) is 3.98. The minimum atomic E-state index is -1.01. The van der Waals surface area contributed by atoms with E-state index < -0.39 is 17.7 Å². The van der Waals surface area contributed by atoms with E-state index >= 15 is 0 Å². The molecule has 4 rings (SSSR count). The van der Waals surface area contributed by atoms with E-state index in [-0.39, 0.29) is 29.3 Å². The van der Waals surface area contributed by atoms with Crippen LogP contribution in [-0.4, -0.2) is 51.3 Å². The first-order valence-corrected chi connectivity index (χ1v) is 9.48. The molecule has 0 saturated heterocycles. The summed E-state index contributed by atoms with van der Waals surface area (Å²) < 4.78 is 45.1. The number of nitrogens with one attached hydrogen (secondary N) is 2. The molecule has 11 heteroatoms. The van der Waals surface area contributed by atoms with Crippen LogP contribution < -0.4 is 10.1 Å². The number of aromatic nitrogens is 4. The van der Waals surface area contributed by atoms with E-state index in [4.69, 9.17) is 4.74 Å². The van der Waals surface area contributed by atoms with Crippen LogP contribution in [0.25, 0.3) is 22.2 Å².